The number of aromatic hydroxyl groups is 2. The predicted molar refractivity (Wildman–Crippen MR) is 57.1 cm³/mol. The van der Waals surface area contributed by atoms with E-state index in [2.05, 4.69) is 4.74 Å². The highest BCUT2D eigenvalue weighted by Gasteiger charge is 2.14. The van der Waals surface area contributed by atoms with Gasteiger partial charge in [-0.2, -0.15) is 0 Å². The average Bonchev–Trinajstić information content (AvgIpc) is 2.22. The van der Waals surface area contributed by atoms with Crippen molar-refractivity contribution in [1.29, 1.82) is 0 Å². The van der Waals surface area contributed by atoms with Gasteiger partial charge in [-0.3, -0.25) is 4.79 Å². The van der Waals surface area contributed by atoms with Gasteiger partial charge in [0.15, 0.2) is 11.5 Å². The first-order valence-electron chi connectivity index (χ1n) is 4.39. The summed E-state index contributed by atoms with van der Waals surface area (Å²) < 4.78 is 4.46. The summed E-state index contributed by atoms with van der Waals surface area (Å²) in [5, 5.41) is 18.3. The molecule has 0 unspecified atom stereocenters. The first-order chi connectivity index (χ1) is 7.04. The molecular formula is C10H15NO5. The molecular weight excluding hydrogens is 214 g/mol. The average molecular weight is 229 g/mol. The Labute approximate surface area is 92.6 Å². The number of methoxy groups -OCH3 is 1. The molecule has 6 heteroatoms. The number of benzene rings is 1. The minimum Gasteiger partial charge on any atom is -0.504 e. The van der Waals surface area contributed by atoms with Gasteiger partial charge in [0.05, 0.1) is 7.11 Å². The Kier molecular flexibility index (Phi) is 5.27. The number of hydrogen-bond acceptors (Lipinski definition) is 5. The van der Waals surface area contributed by atoms with Crippen LogP contribution >= 0.6 is 0 Å². The van der Waals surface area contributed by atoms with Crippen molar-refractivity contribution in [2.24, 2.45) is 5.73 Å². The molecule has 0 radical (unpaired) electrons. The van der Waals surface area contributed by atoms with Crippen LogP contribution < -0.4 is 5.73 Å². The number of ether oxygens (including phenoxy) is 1. The first kappa shape index (κ1) is 14.2. The molecule has 90 valence electrons. The number of phenols is 2. The summed E-state index contributed by atoms with van der Waals surface area (Å²) >= 11 is 0. The van der Waals surface area contributed by atoms with Crippen LogP contribution in [-0.2, 0) is 16.0 Å². The molecule has 0 aliphatic rings. The van der Waals surface area contributed by atoms with Gasteiger partial charge in [-0.25, -0.2) is 0 Å². The first-order valence-corrected chi connectivity index (χ1v) is 4.39. The molecule has 0 bridgehead atoms. The van der Waals surface area contributed by atoms with Gasteiger partial charge in [-0.15, -0.1) is 0 Å². The Bertz CT molecular complexity index is 366. The summed E-state index contributed by atoms with van der Waals surface area (Å²) in [6.45, 7) is 0. The molecule has 0 aromatic heterocycles. The smallest absolute Gasteiger partial charge is 0.322 e. The van der Waals surface area contributed by atoms with Crippen molar-refractivity contribution >= 4 is 5.97 Å². The number of carbonyl (C=O) groups is 1. The van der Waals surface area contributed by atoms with Gasteiger partial charge in [0, 0.05) is 0 Å². The second-order valence-electron chi connectivity index (χ2n) is 3.16. The van der Waals surface area contributed by atoms with Gasteiger partial charge >= 0.3 is 5.97 Å². The Morgan fingerprint density at radius 3 is 2.56 bits per heavy atom. The maximum atomic E-state index is 11.0. The minimum absolute atomic E-state index is 0. The third kappa shape index (κ3) is 3.41. The normalized spacial score (nSPS) is 11.4. The van der Waals surface area contributed by atoms with E-state index in [1.807, 2.05) is 0 Å². The molecule has 0 aliphatic carbocycles. The van der Waals surface area contributed by atoms with Crippen LogP contribution in [0.3, 0.4) is 0 Å². The maximum absolute atomic E-state index is 11.0. The van der Waals surface area contributed by atoms with Crippen LogP contribution in [0.25, 0.3) is 0 Å². The topological polar surface area (TPSA) is 124 Å². The van der Waals surface area contributed by atoms with Crippen LogP contribution in [0, 0.1) is 0 Å². The second-order valence-corrected chi connectivity index (χ2v) is 3.16. The largest absolute Gasteiger partial charge is 0.504 e. The molecule has 1 aromatic carbocycles. The summed E-state index contributed by atoms with van der Waals surface area (Å²) in [4.78, 5) is 11.0. The maximum Gasteiger partial charge on any atom is 0.322 e. The highest BCUT2D eigenvalue weighted by molar-refractivity contribution is 5.75. The van der Waals surface area contributed by atoms with E-state index in [9.17, 15) is 9.90 Å². The van der Waals surface area contributed by atoms with Crippen molar-refractivity contribution in [1.82, 2.24) is 0 Å². The van der Waals surface area contributed by atoms with E-state index in [4.69, 9.17) is 10.8 Å². The van der Waals surface area contributed by atoms with Crippen molar-refractivity contribution in [3.05, 3.63) is 23.8 Å². The van der Waals surface area contributed by atoms with Crippen molar-refractivity contribution in [2.45, 2.75) is 12.5 Å². The highest BCUT2D eigenvalue weighted by atomic mass is 16.5. The molecule has 0 saturated heterocycles. The van der Waals surface area contributed by atoms with Gasteiger partial charge in [0.1, 0.15) is 6.04 Å². The van der Waals surface area contributed by atoms with Crippen LogP contribution in [0.2, 0.25) is 0 Å². The summed E-state index contributed by atoms with van der Waals surface area (Å²) in [7, 11) is 1.26. The van der Waals surface area contributed by atoms with Crippen molar-refractivity contribution in [2.75, 3.05) is 7.11 Å². The summed E-state index contributed by atoms with van der Waals surface area (Å²) in [6, 6.07) is 3.52. The Morgan fingerprint density at radius 1 is 1.44 bits per heavy atom. The minimum atomic E-state index is -0.765. The van der Waals surface area contributed by atoms with Crippen LogP contribution in [-0.4, -0.2) is 34.8 Å². The molecule has 16 heavy (non-hydrogen) atoms. The number of hydrogen-bond donors (Lipinski definition) is 3. The number of rotatable bonds is 3. The zero-order chi connectivity index (χ0) is 11.4. The molecule has 0 fully saturated rings. The lowest BCUT2D eigenvalue weighted by atomic mass is 10.1. The molecule has 0 amide bonds. The molecule has 0 spiro atoms. The van der Waals surface area contributed by atoms with Gasteiger partial charge in [-0.05, 0) is 24.1 Å². The zero-order valence-corrected chi connectivity index (χ0v) is 8.80. The van der Waals surface area contributed by atoms with E-state index in [1.54, 1.807) is 6.07 Å². The van der Waals surface area contributed by atoms with Crippen LogP contribution in [0.15, 0.2) is 18.2 Å². The Balaban J connectivity index is 0.00000225. The molecule has 1 aromatic rings. The van der Waals surface area contributed by atoms with Gasteiger partial charge in [-0.1, -0.05) is 6.07 Å². The third-order valence-electron chi connectivity index (χ3n) is 2.00. The molecule has 0 aliphatic heterocycles. The van der Waals surface area contributed by atoms with Crippen LogP contribution in [0.4, 0.5) is 0 Å². The van der Waals surface area contributed by atoms with Gasteiger partial charge in [0.25, 0.3) is 0 Å². The Morgan fingerprint density at radius 2 is 2.06 bits per heavy atom. The lowest BCUT2D eigenvalue weighted by Crippen LogP contribution is -2.33. The monoisotopic (exact) mass is 229 g/mol. The van der Waals surface area contributed by atoms with Crippen molar-refractivity contribution < 1.29 is 25.2 Å². The molecule has 0 saturated carbocycles. The highest BCUT2D eigenvalue weighted by Crippen LogP contribution is 2.25. The van der Waals surface area contributed by atoms with E-state index >= 15 is 0 Å². The Hall–Kier alpha value is -1.79. The predicted octanol–water partition coefficient (Wildman–Crippen LogP) is -0.684. The van der Waals surface area contributed by atoms with Crippen LogP contribution in [0.1, 0.15) is 5.56 Å². The zero-order valence-electron chi connectivity index (χ0n) is 8.80. The lowest BCUT2D eigenvalue weighted by Gasteiger charge is -2.09. The molecule has 1 rings (SSSR count). The SMILES string of the molecule is COC(=O)[C@@H](N)Cc1ccc(O)c(O)c1.O. The fraction of sp³-hybridized carbons (Fsp3) is 0.300. The molecule has 1 atom stereocenters. The quantitative estimate of drug-likeness (QED) is 0.467. The lowest BCUT2D eigenvalue weighted by molar-refractivity contribution is -0.142. The fourth-order valence-corrected chi connectivity index (χ4v) is 1.18. The third-order valence-corrected chi connectivity index (χ3v) is 2.00. The van der Waals surface area contributed by atoms with E-state index in [-0.39, 0.29) is 23.4 Å². The number of esters is 1. The second kappa shape index (κ2) is 5.94. The van der Waals surface area contributed by atoms with E-state index in [1.165, 1.54) is 19.2 Å². The van der Waals surface area contributed by atoms with Crippen molar-refractivity contribution in [3.63, 3.8) is 0 Å². The van der Waals surface area contributed by atoms with E-state index < -0.39 is 12.0 Å². The van der Waals surface area contributed by atoms with Crippen molar-refractivity contribution in [3.8, 4) is 11.5 Å². The number of carbonyl (C=O) groups excluding carboxylic acids is 1. The summed E-state index contributed by atoms with van der Waals surface area (Å²) in [6.07, 6.45) is 0.251. The molecule has 6 N–H and O–H groups in total. The van der Waals surface area contributed by atoms with Gasteiger partial charge < -0.3 is 26.2 Å². The number of phenolic OH excluding ortho intramolecular Hbond substituents is 2. The summed E-state index contributed by atoms with van der Waals surface area (Å²) in [5.41, 5.74) is 6.18. The molecule has 0 heterocycles. The van der Waals surface area contributed by atoms with E-state index in [0.29, 0.717) is 5.56 Å². The standard InChI is InChI=1S/C10H13NO4.H2O/c1-15-10(14)7(11)4-6-2-3-8(12)9(13)5-6;/h2-3,5,7,12-13H,4,11H2,1H3;1H2/t7-;/m0./s1. The fourth-order valence-electron chi connectivity index (χ4n) is 1.18. The molecule has 6 nitrogen and oxygen atoms in total. The number of nitrogens with two attached hydrogens (primary N) is 1. The van der Waals surface area contributed by atoms with Gasteiger partial charge in [0.2, 0.25) is 0 Å². The van der Waals surface area contributed by atoms with Crippen LogP contribution in [0.5, 0.6) is 11.5 Å². The summed E-state index contributed by atoms with van der Waals surface area (Å²) in [5.74, 6) is -0.947. The van der Waals surface area contributed by atoms with E-state index in [0.717, 1.165) is 0 Å².